The zero-order chi connectivity index (χ0) is 20.3. The fourth-order valence-corrected chi connectivity index (χ4v) is 4.29. The van der Waals surface area contributed by atoms with E-state index in [0.717, 1.165) is 41.5 Å². The minimum Gasteiger partial charge on any atom is -0.496 e. The summed E-state index contributed by atoms with van der Waals surface area (Å²) in [7, 11) is 3.12. The number of methoxy groups -OCH3 is 2. The molecule has 0 unspecified atom stereocenters. The van der Waals surface area contributed by atoms with E-state index in [1.54, 1.807) is 37.3 Å². The second-order valence-corrected chi connectivity index (χ2v) is 7.72. The number of amides is 3. The van der Waals surface area contributed by atoms with E-state index < -0.39 is 11.1 Å². The highest BCUT2D eigenvalue weighted by molar-refractivity contribution is 8.18. The number of rotatable bonds is 5. The molecular weight excluding hydrogens is 380 g/mol. The lowest BCUT2D eigenvalue weighted by atomic mass is 10.1. The predicted molar refractivity (Wildman–Crippen MR) is 107 cm³/mol. The van der Waals surface area contributed by atoms with Crippen LogP contribution in [0.3, 0.4) is 0 Å². The summed E-state index contributed by atoms with van der Waals surface area (Å²) in [6, 6.07) is 3.56. The van der Waals surface area contributed by atoms with Crippen LogP contribution < -0.4 is 9.47 Å². The topological polar surface area (TPSA) is 76.2 Å². The number of likely N-dealkylation sites (tertiary alicyclic amines) is 1. The van der Waals surface area contributed by atoms with E-state index in [1.807, 2.05) is 6.92 Å². The lowest BCUT2D eigenvalue weighted by Gasteiger charge is -2.27. The third-order valence-electron chi connectivity index (χ3n) is 4.97. The van der Waals surface area contributed by atoms with Gasteiger partial charge in [0.2, 0.25) is 5.91 Å². The Morgan fingerprint density at radius 2 is 1.86 bits per heavy atom. The minimum atomic E-state index is -0.448. The van der Waals surface area contributed by atoms with Gasteiger partial charge in [-0.2, -0.15) is 0 Å². The van der Waals surface area contributed by atoms with Crippen LogP contribution in [-0.4, -0.2) is 60.7 Å². The summed E-state index contributed by atoms with van der Waals surface area (Å²) in [4.78, 5) is 40.5. The molecule has 0 radical (unpaired) electrons. The summed E-state index contributed by atoms with van der Waals surface area (Å²) < 4.78 is 10.7. The van der Waals surface area contributed by atoms with E-state index in [9.17, 15) is 14.4 Å². The highest BCUT2D eigenvalue weighted by Crippen LogP contribution is 2.37. The van der Waals surface area contributed by atoms with Crippen LogP contribution in [0.1, 0.15) is 30.4 Å². The van der Waals surface area contributed by atoms with E-state index in [4.69, 9.17) is 9.47 Å². The van der Waals surface area contributed by atoms with Gasteiger partial charge in [-0.25, -0.2) is 0 Å². The van der Waals surface area contributed by atoms with E-state index >= 15 is 0 Å². The molecule has 0 bridgehead atoms. The fraction of sp³-hybridized carbons (Fsp3) is 0.450. The van der Waals surface area contributed by atoms with E-state index in [-0.39, 0.29) is 17.4 Å². The van der Waals surface area contributed by atoms with Crippen LogP contribution in [0.4, 0.5) is 4.79 Å². The standard InChI is InChI=1S/C20H24N2O5S/c1-13-15(26-2)8-7-14(18(13)27-3)11-16-19(24)22(20(25)28-16)12-17(23)21-9-5-4-6-10-21/h7-8,11H,4-6,9-10,12H2,1-3H3/b16-11-. The number of imide groups is 1. The molecule has 2 aliphatic heterocycles. The van der Waals surface area contributed by atoms with Gasteiger partial charge in [-0.15, -0.1) is 0 Å². The Morgan fingerprint density at radius 1 is 1.14 bits per heavy atom. The minimum absolute atomic E-state index is 0.180. The number of hydrogen-bond acceptors (Lipinski definition) is 6. The highest BCUT2D eigenvalue weighted by Gasteiger charge is 2.37. The van der Waals surface area contributed by atoms with Gasteiger partial charge in [0.15, 0.2) is 0 Å². The molecule has 2 aliphatic rings. The second kappa shape index (κ2) is 8.68. The van der Waals surface area contributed by atoms with Gasteiger partial charge in [-0.3, -0.25) is 19.3 Å². The van der Waals surface area contributed by atoms with Crippen molar-refractivity contribution in [1.82, 2.24) is 9.80 Å². The Labute approximate surface area is 168 Å². The number of carbonyl (C=O) groups excluding carboxylic acids is 3. The normalized spacial score (nSPS) is 18.8. The first-order chi connectivity index (χ1) is 13.5. The Hall–Kier alpha value is -2.48. The maximum Gasteiger partial charge on any atom is 0.294 e. The fourth-order valence-electron chi connectivity index (χ4n) is 3.46. The average Bonchev–Trinajstić information content (AvgIpc) is 2.96. The molecule has 2 heterocycles. The molecule has 1 aromatic carbocycles. The highest BCUT2D eigenvalue weighted by atomic mass is 32.2. The average molecular weight is 404 g/mol. The van der Waals surface area contributed by atoms with Crippen LogP contribution in [0.15, 0.2) is 17.0 Å². The summed E-state index contributed by atoms with van der Waals surface area (Å²) in [6.07, 6.45) is 4.66. The molecule has 0 aromatic heterocycles. The Balaban J connectivity index is 1.79. The van der Waals surface area contributed by atoms with Gasteiger partial charge in [-0.05, 0) is 56.2 Å². The molecular formula is C20H24N2O5S. The number of thioether (sulfide) groups is 1. The molecule has 0 aliphatic carbocycles. The third kappa shape index (κ3) is 4.01. The van der Waals surface area contributed by atoms with Crippen LogP contribution in [0, 0.1) is 6.92 Å². The Morgan fingerprint density at radius 3 is 2.50 bits per heavy atom. The van der Waals surface area contributed by atoms with Gasteiger partial charge in [0.25, 0.3) is 11.1 Å². The van der Waals surface area contributed by atoms with Crippen molar-refractivity contribution in [3.63, 3.8) is 0 Å². The van der Waals surface area contributed by atoms with Gasteiger partial charge in [0.05, 0.1) is 19.1 Å². The van der Waals surface area contributed by atoms with Crippen LogP contribution >= 0.6 is 11.8 Å². The van der Waals surface area contributed by atoms with Crippen LogP contribution in [0.2, 0.25) is 0 Å². The van der Waals surface area contributed by atoms with Crippen LogP contribution in [0.5, 0.6) is 11.5 Å². The third-order valence-corrected chi connectivity index (χ3v) is 5.88. The SMILES string of the molecule is COc1ccc(/C=C2\SC(=O)N(CC(=O)N3CCCCC3)C2=O)c(OC)c1C. The van der Waals surface area contributed by atoms with Crippen molar-refractivity contribution >= 4 is 34.9 Å². The maximum absolute atomic E-state index is 12.7. The van der Waals surface area contributed by atoms with Crippen molar-refractivity contribution in [2.24, 2.45) is 0 Å². The van der Waals surface area contributed by atoms with Crippen molar-refractivity contribution in [2.75, 3.05) is 33.9 Å². The van der Waals surface area contributed by atoms with E-state index in [1.165, 1.54) is 0 Å². The zero-order valence-corrected chi connectivity index (χ0v) is 17.1. The first-order valence-electron chi connectivity index (χ1n) is 9.21. The number of piperidine rings is 1. The molecule has 28 heavy (non-hydrogen) atoms. The predicted octanol–water partition coefficient (Wildman–Crippen LogP) is 3.06. The van der Waals surface area contributed by atoms with Crippen molar-refractivity contribution in [3.8, 4) is 11.5 Å². The van der Waals surface area contributed by atoms with Gasteiger partial charge in [-0.1, -0.05) is 0 Å². The number of nitrogens with zero attached hydrogens (tertiary/aromatic N) is 2. The van der Waals surface area contributed by atoms with E-state index in [0.29, 0.717) is 30.2 Å². The molecule has 3 amide bonds. The summed E-state index contributed by atoms with van der Waals surface area (Å²) in [6.45, 7) is 3.03. The smallest absolute Gasteiger partial charge is 0.294 e. The molecule has 0 N–H and O–H groups in total. The summed E-state index contributed by atoms with van der Waals surface area (Å²) in [5, 5.41) is -0.425. The molecule has 2 fully saturated rings. The number of carbonyl (C=O) groups is 3. The lowest BCUT2D eigenvalue weighted by Crippen LogP contribution is -2.44. The summed E-state index contributed by atoms with van der Waals surface area (Å²) in [5.74, 6) is 0.627. The maximum atomic E-state index is 12.7. The van der Waals surface area contributed by atoms with Gasteiger partial charge in [0, 0.05) is 24.2 Å². The molecule has 150 valence electrons. The first-order valence-corrected chi connectivity index (χ1v) is 10.0. The Bertz CT molecular complexity index is 830. The van der Waals surface area contributed by atoms with Gasteiger partial charge in [0.1, 0.15) is 18.0 Å². The van der Waals surface area contributed by atoms with Gasteiger partial charge >= 0.3 is 0 Å². The molecule has 1 aromatic rings. The first kappa shape index (κ1) is 20.3. The van der Waals surface area contributed by atoms with Crippen molar-refractivity contribution < 1.29 is 23.9 Å². The monoisotopic (exact) mass is 404 g/mol. The van der Waals surface area contributed by atoms with E-state index in [2.05, 4.69) is 0 Å². The zero-order valence-electron chi connectivity index (χ0n) is 16.3. The van der Waals surface area contributed by atoms with Crippen LogP contribution in [0.25, 0.3) is 6.08 Å². The number of ether oxygens (including phenoxy) is 2. The number of hydrogen-bond donors (Lipinski definition) is 0. The molecule has 0 atom stereocenters. The molecule has 2 saturated heterocycles. The molecule has 8 heteroatoms. The van der Waals surface area contributed by atoms with Crippen molar-refractivity contribution in [1.29, 1.82) is 0 Å². The lowest BCUT2D eigenvalue weighted by molar-refractivity contribution is -0.136. The second-order valence-electron chi connectivity index (χ2n) is 6.72. The number of benzene rings is 1. The summed E-state index contributed by atoms with van der Waals surface area (Å²) in [5.41, 5.74) is 1.48. The van der Waals surface area contributed by atoms with Crippen LogP contribution in [-0.2, 0) is 9.59 Å². The molecule has 7 nitrogen and oxygen atoms in total. The van der Waals surface area contributed by atoms with Crippen molar-refractivity contribution in [2.45, 2.75) is 26.2 Å². The molecule has 3 rings (SSSR count). The van der Waals surface area contributed by atoms with Crippen molar-refractivity contribution in [3.05, 3.63) is 28.2 Å². The molecule has 0 saturated carbocycles. The molecule has 0 spiro atoms. The largest absolute Gasteiger partial charge is 0.496 e. The summed E-state index contributed by atoms with van der Waals surface area (Å²) >= 11 is 0.841. The Kier molecular flexibility index (Phi) is 6.28. The van der Waals surface area contributed by atoms with Gasteiger partial charge < -0.3 is 14.4 Å². The quantitative estimate of drug-likeness (QED) is 0.702.